The van der Waals surface area contributed by atoms with E-state index in [1.54, 1.807) is 12.1 Å². The molecule has 2 N–H and O–H groups in total. The number of rotatable bonds is 7. The van der Waals surface area contributed by atoms with Crippen LogP contribution in [0.5, 0.6) is 0 Å². The molecular formula is C18H26ClN3O3S2. The molecule has 0 spiro atoms. The largest absolute Gasteiger partial charge is 0.338 e. The van der Waals surface area contributed by atoms with Gasteiger partial charge in [0.25, 0.3) is 0 Å². The normalized spacial score (nSPS) is 17.4. The van der Waals surface area contributed by atoms with E-state index >= 15 is 0 Å². The lowest BCUT2D eigenvalue weighted by Crippen LogP contribution is -2.34. The molecule has 2 aromatic rings. The van der Waals surface area contributed by atoms with Crippen molar-refractivity contribution in [1.29, 1.82) is 0 Å². The van der Waals surface area contributed by atoms with Crippen molar-refractivity contribution >= 4 is 34.0 Å². The second-order valence-corrected chi connectivity index (χ2v) is 10.3. The van der Waals surface area contributed by atoms with Gasteiger partial charge in [-0.25, -0.2) is 8.42 Å². The minimum atomic E-state index is -3.29. The molecule has 27 heavy (non-hydrogen) atoms. The van der Waals surface area contributed by atoms with Gasteiger partial charge in [0.2, 0.25) is 5.89 Å². The Morgan fingerprint density at radius 1 is 1.30 bits per heavy atom. The van der Waals surface area contributed by atoms with E-state index in [2.05, 4.69) is 10.1 Å². The van der Waals surface area contributed by atoms with E-state index in [4.69, 9.17) is 10.3 Å². The quantitative estimate of drug-likeness (QED) is 0.653. The number of halogens is 1. The third kappa shape index (κ3) is 4.85. The summed E-state index contributed by atoms with van der Waals surface area (Å²) in [4.78, 5) is 5.59. The summed E-state index contributed by atoms with van der Waals surface area (Å²) in [5.74, 6) is 1.17. The van der Waals surface area contributed by atoms with Crippen molar-refractivity contribution in [3.63, 3.8) is 0 Å². The van der Waals surface area contributed by atoms with Crippen LogP contribution in [-0.4, -0.2) is 24.3 Å². The molecule has 1 heterocycles. The standard InChI is InChI=1S/C18H25N3O3S2.ClH/c1-3-12-26(22,23)15-9-5-4-8-14(15)25-13(2)16-20-17(21-24-16)18(19)10-6-7-11-18;/h4-5,8-9,13H,3,6-7,10-12,19H2,1-2H3;1H. The smallest absolute Gasteiger partial charge is 0.239 e. The van der Waals surface area contributed by atoms with Crippen LogP contribution in [0.4, 0.5) is 0 Å². The van der Waals surface area contributed by atoms with Crippen molar-refractivity contribution < 1.29 is 12.9 Å². The summed E-state index contributed by atoms with van der Waals surface area (Å²) in [6.07, 6.45) is 4.47. The third-order valence-corrected chi connectivity index (χ3v) is 7.96. The summed E-state index contributed by atoms with van der Waals surface area (Å²) in [6, 6.07) is 7.07. The van der Waals surface area contributed by atoms with Crippen LogP contribution in [0, 0.1) is 0 Å². The highest BCUT2D eigenvalue weighted by Gasteiger charge is 2.36. The summed E-state index contributed by atoms with van der Waals surface area (Å²) in [6.45, 7) is 3.80. The SMILES string of the molecule is CCCS(=O)(=O)c1ccccc1SC(C)c1nc(C2(N)CCCC2)no1.Cl. The van der Waals surface area contributed by atoms with Crippen LogP contribution in [-0.2, 0) is 15.4 Å². The number of hydrogen-bond acceptors (Lipinski definition) is 7. The van der Waals surface area contributed by atoms with Gasteiger partial charge in [0, 0.05) is 4.90 Å². The molecule has 1 fully saturated rings. The maximum absolute atomic E-state index is 12.5. The van der Waals surface area contributed by atoms with E-state index in [0.29, 0.717) is 27.9 Å². The zero-order valence-electron chi connectivity index (χ0n) is 15.6. The fraction of sp³-hybridized carbons (Fsp3) is 0.556. The highest BCUT2D eigenvalue weighted by atomic mass is 35.5. The number of sulfone groups is 1. The molecule has 9 heteroatoms. The van der Waals surface area contributed by atoms with Gasteiger partial charge in [-0.1, -0.05) is 37.1 Å². The maximum atomic E-state index is 12.5. The van der Waals surface area contributed by atoms with Gasteiger partial charge in [0.15, 0.2) is 15.7 Å². The van der Waals surface area contributed by atoms with Gasteiger partial charge >= 0.3 is 0 Å². The van der Waals surface area contributed by atoms with Gasteiger partial charge in [0.1, 0.15) is 0 Å². The van der Waals surface area contributed by atoms with Crippen molar-refractivity contribution in [3.05, 3.63) is 36.0 Å². The van der Waals surface area contributed by atoms with Crippen LogP contribution in [0.2, 0.25) is 0 Å². The third-order valence-electron chi connectivity index (χ3n) is 4.69. The lowest BCUT2D eigenvalue weighted by atomic mass is 9.99. The van der Waals surface area contributed by atoms with E-state index in [-0.39, 0.29) is 23.4 Å². The van der Waals surface area contributed by atoms with Gasteiger partial charge in [-0.15, -0.1) is 24.2 Å². The Morgan fingerprint density at radius 2 is 1.96 bits per heavy atom. The van der Waals surface area contributed by atoms with Crippen molar-refractivity contribution in [3.8, 4) is 0 Å². The topological polar surface area (TPSA) is 99.1 Å². The molecule has 1 aromatic heterocycles. The van der Waals surface area contributed by atoms with E-state index in [1.165, 1.54) is 11.8 Å². The van der Waals surface area contributed by atoms with Gasteiger partial charge in [-0.3, -0.25) is 0 Å². The molecular weight excluding hydrogens is 406 g/mol. The van der Waals surface area contributed by atoms with E-state index in [0.717, 1.165) is 25.7 Å². The Morgan fingerprint density at radius 3 is 2.63 bits per heavy atom. The van der Waals surface area contributed by atoms with Crippen molar-refractivity contribution in [2.24, 2.45) is 5.73 Å². The minimum Gasteiger partial charge on any atom is -0.338 e. The van der Waals surface area contributed by atoms with Crippen LogP contribution in [0.3, 0.4) is 0 Å². The van der Waals surface area contributed by atoms with E-state index in [9.17, 15) is 8.42 Å². The lowest BCUT2D eigenvalue weighted by Gasteiger charge is -2.17. The van der Waals surface area contributed by atoms with Crippen LogP contribution in [0.25, 0.3) is 0 Å². The molecule has 0 aliphatic heterocycles. The highest BCUT2D eigenvalue weighted by molar-refractivity contribution is 8.00. The lowest BCUT2D eigenvalue weighted by molar-refractivity contribution is 0.349. The first kappa shape index (κ1) is 22.2. The molecule has 150 valence electrons. The molecule has 0 radical (unpaired) electrons. The first-order valence-electron chi connectivity index (χ1n) is 8.97. The van der Waals surface area contributed by atoms with Crippen LogP contribution < -0.4 is 5.73 Å². The number of nitrogens with two attached hydrogens (primary N) is 1. The first-order valence-corrected chi connectivity index (χ1v) is 11.5. The molecule has 1 aliphatic carbocycles. The van der Waals surface area contributed by atoms with E-state index < -0.39 is 15.4 Å². The molecule has 1 aromatic carbocycles. The molecule has 3 rings (SSSR count). The van der Waals surface area contributed by atoms with Crippen molar-refractivity contribution in [1.82, 2.24) is 10.1 Å². The Bertz CT molecular complexity index is 864. The Kier molecular flexibility index (Phi) is 7.35. The molecule has 0 saturated heterocycles. The summed E-state index contributed by atoms with van der Waals surface area (Å²) < 4.78 is 30.5. The van der Waals surface area contributed by atoms with Gasteiger partial charge < -0.3 is 10.3 Å². The predicted molar refractivity (Wildman–Crippen MR) is 109 cm³/mol. The second kappa shape index (κ2) is 8.94. The Labute approximate surface area is 171 Å². The van der Waals surface area contributed by atoms with E-state index in [1.807, 2.05) is 26.0 Å². The summed E-state index contributed by atoms with van der Waals surface area (Å²) >= 11 is 1.41. The molecule has 1 unspecified atom stereocenters. The number of aromatic nitrogens is 2. The number of thioether (sulfide) groups is 1. The average molecular weight is 432 g/mol. The van der Waals surface area contributed by atoms with Crippen LogP contribution in [0.15, 0.2) is 38.6 Å². The number of nitrogens with zero attached hydrogens (tertiary/aromatic N) is 2. The molecule has 1 aliphatic rings. The molecule has 6 nitrogen and oxygen atoms in total. The monoisotopic (exact) mass is 431 g/mol. The fourth-order valence-electron chi connectivity index (χ4n) is 3.26. The first-order chi connectivity index (χ1) is 12.4. The maximum Gasteiger partial charge on any atom is 0.239 e. The molecule has 1 atom stereocenters. The van der Waals surface area contributed by atoms with Gasteiger partial charge in [-0.05, 0) is 38.3 Å². The average Bonchev–Trinajstić information content (AvgIpc) is 3.25. The predicted octanol–water partition coefficient (Wildman–Crippen LogP) is 4.26. The highest BCUT2D eigenvalue weighted by Crippen LogP contribution is 2.40. The molecule has 0 amide bonds. The van der Waals surface area contributed by atoms with Crippen LogP contribution >= 0.6 is 24.2 Å². The summed E-state index contributed by atoms with van der Waals surface area (Å²) in [7, 11) is -3.29. The molecule has 1 saturated carbocycles. The fourth-order valence-corrected chi connectivity index (χ4v) is 6.12. The van der Waals surface area contributed by atoms with Crippen LogP contribution in [0.1, 0.15) is 62.9 Å². The number of hydrogen-bond donors (Lipinski definition) is 1. The van der Waals surface area contributed by atoms with Gasteiger partial charge in [-0.2, -0.15) is 4.98 Å². The number of benzene rings is 1. The zero-order valence-corrected chi connectivity index (χ0v) is 18.0. The van der Waals surface area contributed by atoms with Gasteiger partial charge in [0.05, 0.1) is 21.4 Å². The Balaban J connectivity index is 0.00000261. The minimum absolute atomic E-state index is 0. The van der Waals surface area contributed by atoms with Crippen molar-refractivity contribution in [2.75, 3.05) is 5.75 Å². The Hall–Kier alpha value is -1.09. The molecule has 0 bridgehead atoms. The zero-order chi connectivity index (χ0) is 18.8. The summed E-state index contributed by atoms with van der Waals surface area (Å²) in [5, 5.41) is 3.92. The second-order valence-electron chi connectivity index (χ2n) is 6.85. The van der Waals surface area contributed by atoms with Crippen molar-refractivity contribution in [2.45, 2.75) is 66.5 Å². The summed E-state index contributed by atoms with van der Waals surface area (Å²) in [5.41, 5.74) is 5.90.